The summed E-state index contributed by atoms with van der Waals surface area (Å²) in [6.07, 6.45) is 0. The van der Waals surface area contributed by atoms with E-state index in [1.807, 2.05) is 19.9 Å². The highest BCUT2D eigenvalue weighted by Gasteiger charge is 2.10. The van der Waals surface area contributed by atoms with Crippen LogP contribution in [0.5, 0.6) is 5.75 Å². The number of anilines is 1. The van der Waals surface area contributed by atoms with Gasteiger partial charge in [-0.3, -0.25) is 0 Å². The molecule has 0 bridgehead atoms. The minimum Gasteiger partial charge on any atom is -0.508 e. The van der Waals surface area contributed by atoms with Gasteiger partial charge in [0, 0.05) is 12.1 Å². The van der Waals surface area contributed by atoms with E-state index in [-0.39, 0.29) is 5.75 Å². The second-order valence-electron chi connectivity index (χ2n) is 3.88. The Morgan fingerprint density at radius 3 is 2.78 bits per heavy atom. The summed E-state index contributed by atoms with van der Waals surface area (Å²) in [7, 11) is 0. The lowest BCUT2D eigenvalue weighted by Crippen LogP contribution is -2.04. The maximum Gasteiger partial charge on any atom is 0.161 e. The molecule has 0 atom stereocenters. The molecule has 5 heteroatoms. The number of nitrogens with zero attached hydrogens (tertiary/aromatic N) is 2. The number of hydrogen-bond donors (Lipinski definition) is 2. The van der Waals surface area contributed by atoms with Gasteiger partial charge in [-0.25, -0.2) is 9.97 Å². The molecule has 4 nitrogen and oxygen atoms in total. The molecule has 0 fully saturated rings. The van der Waals surface area contributed by atoms with Crippen molar-refractivity contribution in [2.24, 2.45) is 0 Å². The van der Waals surface area contributed by atoms with Crippen LogP contribution in [0.2, 0.25) is 0 Å². The van der Waals surface area contributed by atoms with Crippen LogP contribution in [-0.4, -0.2) is 21.6 Å². The van der Waals surface area contributed by atoms with Gasteiger partial charge < -0.3 is 10.4 Å². The van der Waals surface area contributed by atoms with Gasteiger partial charge in [0.2, 0.25) is 0 Å². The molecule has 0 radical (unpaired) electrons. The monoisotopic (exact) mass is 307 g/mol. The van der Waals surface area contributed by atoms with Crippen LogP contribution in [-0.2, 0) is 0 Å². The average Bonchev–Trinajstić information content (AvgIpc) is 2.35. The quantitative estimate of drug-likeness (QED) is 0.913. The molecule has 2 aromatic rings. The Labute approximate surface area is 114 Å². The summed E-state index contributed by atoms with van der Waals surface area (Å²) in [5.41, 5.74) is 1.66. The van der Waals surface area contributed by atoms with Crippen molar-refractivity contribution in [3.8, 4) is 17.1 Å². The lowest BCUT2D eigenvalue weighted by atomic mass is 10.2. The van der Waals surface area contributed by atoms with Crippen molar-refractivity contribution in [3.05, 3.63) is 34.4 Å². The van der Waals surface area contributed by atoms with Crippen molar-refractivity contribution in [2.45, 2.75) is 13.8 Å². The zero-order chi connectivity index (χ0) is 13.1. The molecule has 0 unspecified atom stereocenters. The normalized spacial score (nSPS) is 10.4. The molecule has 18 heavy (non-hydrogen) atoms. The molecule has 1 aromatic carbocycles. The van der Waals surface area contributed by atoms with E-state index >= 15 is 0 Å². The predicted molar refractivity (Wildman–Crippen MR) is 75.7 cm³/mol. The van der Waals surface area contributed by atoms with E-state index in [4.69, 9.17) is 0 Å². The Hall–Kier alpha value is -1.62. The second kappa shape index (κ2) is 5.35. The van der Waals surface area contributed by atoms with Crippen molar-refractivity contribution in [3.63, 3.8) is 0 Å². The Balaban J connectivity index is 2.51. The van der Waals surface area contributed by atoms with Gasteiger partial charge in [-0.2, -0.15) is 0 Å². The first-order valence-electron chi connectivity index (χ1n) is 5.69. The molecular formula is C13H14BrN3O. The number of hydrogen-bond acceptors (Lipinski definition) is 4. The highest BCUT2D eigenvalue weighted by Crippen LogP contribution is 2.27. The minimum atomic E-state index is 0.210. The van der Waals surface area contributed by atoms with Gasteiger partial charge in [-0.1, -0.05) is 12.1 Å². The number of aromatic hydroxyl groups is 1. The van der Waals surface area contributed by atoms with Gasteiger partial charge >= 0.3 is 0 Å². The van der Waals surface area contributed by atoms with Crippen molar-refractivity contribution >= 4 is 21.7 Å². The van der Waals surface area contributed by atoms with Crippen molar-refractivity contribution in [1.29, 1.82) is 0 Å². The van der Waals surface area contributed by atoms with Gasteiger partial charge in [0.05, 0.1) is 10.2 Å². The summed E-state index contributed by atoms with van der Waals surface area (Å²) in [5, 5.41) is 12.7. The van der Waals surface area contributed by atoms with E-state index in [2.05, 4.69) is 31.2 Å². The highest BCUT2D eigenvalue weighted by atomic mass is 79.9. The highest BCUT2D eigenvalue weighted by molar-refractivity contribution is 9.10. The molecule has 2 N–H and O–H groups in total. The average molecular weight is 308 g/mol. The maximum atomic E-state index is 9.49. The molecule has 0 aliphatic heterocycles. The van der Waals surface area contributed by atoms with Crippen LogP contribution in [0.15, 0.2) is 28.7 Å². The Morgan fingerprint density at radius 2 is 2.11 bits per heavy atom. The molecule has 2 rings (SSSR count). The zero-order valence-electron chi connectivity index (χ0n) is 10.2. The smallest absolute Gasteiger partial charge is 0.161 e. The van der Waals surface area contributed by atoms with Gasteiger partial charge in [0.15, 0.2) is 5.82 Å². The van der Waals surface area contributed by atoms with E-state index in [0.717, 1.165) is 28.1 Å². The number of rotatable bonds is 3. The molecule has 0 amide bonds. The first kappa shape index (κ1) is 12.8. The standard InChI is InChI=1S/C13H14BrN3O/c1-3-15-13-11(14)8(2)16-12(17-13)9-5-4-6-10(18)7-9/h4-7,18H,3H2,1-2H3,(H,15,16,17). The summed E-state index contributed by atoms with van der Waals surface area (Å²) in [4.78, 5) is 8.87. The Morgan fingerprint density at radius 1 is 1.33 bits per heavy atom. The fourth-order valence-corrected chi connectivity index (χ4v) is 1.94. The minimum absolute atomic E-state index is 0.210. The summed E-state index contributed by atoms with van der Waals surface area (Å²) >= 11 is 3.47. The number of phenols is 1. The molecule has 0 saturated carbocycles. The van der Waals surface area contributed by atoms with Crippen LogP contribution in [0.1, 0.15) is 12.6 Å². The molecule has 94 valence electrons. The number of phenolic OH excluding ortho intramolecular Hbond substituents is 1. The van der Waals surface area contributed by atoms with Crippen molar-refractivity contribution in [2.75, 3.05) is 11.9 Å². The van der Waals surface area contributed by atoms with Crippen LogP contribution in [0, 0.1) is 6.92 Å². The van der Waals surface area contributed by atoms with E-state index < -0.39 is 0 Å². The van der Waals surface area contributed by atoms with Gasteiger partial charge in [0.1, 0.15) is 11.6 Å². The van der Waals surface area contributed by atoms with Gasteiger partial charge in [-0.15, -0.1) is 0 Å². The maximum absolute atomic E-state index is 9.49. The molecule has 0 aliphatic carbocycles. The summed E-state index contributed by atoms with van der Waals surface area (Å²) in [5.74, 6) is 1.58. The molecule has 0 saturated heterocycles. The fourth-order valence-electron chi connectivity index (χ4n) is 1.62. The van der Waals surface area contributed by atoms with E-state index in [1.165, 1.54) is 0 Å². The molecule has 1 heterocycles. The van der Waals surface area contributed by atoms with E-state index in [0.29, 0.717) is 5.82 Å². The third-order valence-corrected chi connectivity index (χ3v) is 3.41. The zero-order valence-corrected chi connectivity index (χ0v) is 11.8. The summed E-state index contributed by atoms with van der Waals surface area (Å²) < 4.78 is 0.869. The lowest BCUT2D eigenvalue weighted by molar-refractivity contribution is 0.475. The predicted octanol–water partition coefficient (Wildman–Crippen LogP) is 3.35. The number of aryl methyl sites for hydroxylation is 1. The molecule has 1 aromatic heterocycles. The van der Waals surface area contributed by atoms with Crippen LogP contribution in [0.3, 0.4) is 0 Å². The van der Waals surface area contributed by atoms with Gasteiger partial charge in [-0.05, 0) is 41.9 Å². The number of benzene rings is 1. The summed E-state index contributed by atoms with van der Waals surface area (Å²) in [6, 6.07) is 6.93. The number of nitrogens with one attached hydrogen (secondary N) is 1. The summed E-state index contributed by atoms with van der Waals surface area (Å²) in [6.45, 7) is 4.71. The van der Waals surface area contributed by atoms with E-state index in [1.54, 1.807) is 18.2 Å². The largest absolute Gasteiger partial charge is 0.508 e. The van der Waals surface area contributed by atoms with Crippen molar-refractivity contribution < 1.29 is 5.11 Å². The van der Waals surface area contributed by atoms with Crippen molar-refractivity contribution in [1.82, 2.24) is 9.97 Å². The molecule has 0 aliphatic rings. The number of halogens is 1. The van der Waals surface area contributed by atoms with E-state index in [9.17, 15) is 5.11 Å². The first-order valence-corrected chi connectivity index (χ1v) is 6.48. The Kier molecular flexibility index (Phi) is 3.81. The first-order chi connectivity index (χ1) is 8.61. The third-order valence-electron chi connectivity index (χ3n) is 2.47. The van der Waals surface area contributed by atoms with Crippen LogP contribution >= 0.6 is 15.9 Å². The topological polar surface area (TPSA) is 58.0 Å². The van der Waals surface area contributed by atoms with Crippen LogP contribution < -0.4 is 5.32 Å². The second-order valence-corrected chi connectivity index (χ2v) is 4.67. The van der Waals surface area contributed by atoms with Crippen LogP contribution in [0.25, 0.3) is 11.4 Å². The molecular weight excluding hydrogens is 294 g/mol. The third kappa shape index (κ3) is 2.61. The molecule has 0 spiro atoms. The fraction of sp³-hybridized carbons (Fsp3) is 0.231. The van der Waals surface area contributed by atoms with Gasteiger partial charge in [0.25, 0.3) is 0 Å². The Bertz CT molecular complexity index is 572. The lowest BCUT2D eigenvalue weighted by Gasteiger charge is -2.10. The SMILES string of the molecule is CCNc1nc(-c2cccc(O)c2)nc(C)c1Br. The van der Waals surface area contributed by atoms with Crippen LogP contribution in [0.4, 0.5) is 5.82 Å². The number of aromatic nitrogens is 2.